The summed E-state index contributed by atoms with van der Waals surface area (Å²) in [6.07, 6.45) is 1.79. The molecule has 31 heavy (non-hydrogen) atoms. The number of methoxy groups -OCH3 is 1. The van der Waals surface area contributed by atoms with Crippen LogP contribution in [0, 0.1) is 0 Å². The lowest BCUT2D eigenvalue weighted by Gasteiger charge is -2.10. The van der Waals surface area contributed by atoms with Gasteiger partial charge in [0.2, 0.25) is 5.91 Å². The van der Waals surface area contributed by atoms with E-state index in [1.165, 1.54) is 11.8 Å². The number of aromatic nitrogens is 3. The number of carbonyl (C=O) groups excluding carboxylic acids is 1. The summed E-state index contributed by atoms with van der Waals surface area (Å²) < 4.78 is 7.17. The maximum Gasteiger partial charge on any atom is 0.234 e. The SMILES string of the molecule is C=CCn1c(SCC(=O)Nc2cccc3ccccc23)nnc1-c1ccc(OC)cc1. The number of anilines is 1. The molecule has 0 fully saturated rings. The number of thioether (sulfide) groups is 1. The first-order valence-corrected chi connectivity index (χ1v) is 10.8. The predicted octanol–water partition coefficient (Wildman–Crippen LogP) is 5.02. The number of allylic oxidation sites excluding steroid dienone is 1. The Morgan fingerprint density at radius 3 is 2.65 bits per heavy atom. The van der Waals surface area contributed by atoms with Gasteiger partial charge in [-0.3, -0.25) is 9.36 Å². The van der Waals surface area contributed by atoms with E-state index < -0.39 is 0 Å². The average Bonchev–Trinajstić information content (AvgIpc) is 3.21. The molecule has 7 heteroatoms. The Bertz CT molecular complexity index is 1210. The second-order valence-corrected chi connectivity index (χ2v) is 7.74. The van der Waals surface area contributed by atoms with E-state index >= 15 is 0 Å². The Hall–Kier alpha value is -3.58. The van der Waals surface area contributed by atoms with Crippen LogP contribution in [0.1, 0.15) is 0 Å². The molecular formula is C24H22N4O2S. The Labute approximate surface area is 185 Å². The minimum Gasteiger partial charge on any atom is -0.497 e. The van der Waals surface area contributed by atoms with Gasteiger partial charge in [0.25, 0.3) is 0 Å². The second kappa shape index (κ2) is 9.49. The maximum absolute atomic E-state index is 12.6. The normalized spacial score (nSPS) is 10.7. The van der Waals surface area contributed by atoms with Gasteiger partial charge in [-0.25, -0.2) is 0 Å². The fourth-order valence-corrected chi connectivity index (χ4v) is 4.04. The molecule has 0 atom stereocenters. The van der Waals surface area contributed by atoms with Gasteiger partial charge in [-0.15, -0.1) is 16.8 Å². The van der Waals surface area contributed by atoms with E-state index in [1.807, 2.05) is 71.3 Å². The molecule has 1 aromatic heterocycles. The molecule has 0 unspecified atom stereocenters. The highest BCUT2D eigenvalue weighted by Crippen LogP contribution is 2.27. The fourth-order valence-electron chi connectivity index (χ4n) is 3.29. The quantitative estimate of drug-likeness (QED) is 0.314. The van der Waals surface area contributed by atoms with Crippen LogP contribution in [-0.2, 0) is 11.3 Å². The van der Waals surface area contributed by atoms with Crippen LogP contribution in [0.25, 0.3) is 22.2 Å². The largest absolute Gasteiger partial charge is 0.497 e. The van der Waals surface area contributed by atoms with Crippen LogP contribution in [0.2, 0.25) is 0 Å². The molecule has 0 saturated heterocycles. The number of amides is 1. The molecule has 1 N–H and O–H groups in total. The molecule has 0 saturated carbocycles. The van der Waals surface area contributed by atoms with Crippen molar-refractivity contribution in [3.8, 4) is 17.1 Å². The molecule has 6 nitrogen and oxygen atoms in total. The van der Waals surface area contributed by atoms with Crippen LogP contribution in [-0.4, -0.2) is 33.5 Å². The van der Waals surface area contributed by atoms with E-state index in [-0.39, 0.29) is 11.7 Å². The topological polar surface area (TPSA) is 69.0 Å². The summed E-state index contributed by atoms with van der Waals surface area (Å²) in [5.74, 6) is 1.62. The zero-order valence-electron chi connectivity index (χ0n) is 17.1. The number of carbonyl (C=O) groups is 1. The summed E-state index contributed by atoms with van der Waals surface area (Å²) >= 11 is 1.35. The highest BCUT2D eigenvalue weighted by molar-refractivity contribution is 7.99. The lowest BCUT2D eigenvalue weighted by atomic mass is 10.1. The van der Waals surface area contributed by atoms with Crippen LogP contribution in [0.5, 0.6) is 5.75 Å². The van der Waals surface area contributed by atoms with Gasteiger partial charge in [-0.05, 0) is 35.7 Å². The number of rotatable bonds is 8. The van der Waals surface area contributed by atoms with Gasteiger partial charge in [-0.1, -0.05) is 54.2 Å². The molecule has 3 aromatic carbocycles. The van der Waals surface area contributed by atoms with Crippen molar-refractivity contribution in [2.75, 3.05) is 18.2 Å². The minimum atomic E-state index is -0.0968. The van der Waals surface area contributed by atoms with Crippen molar-refractivity contribution in [1.29, 1.82) is 0 Å². The number of ether oxygens (including phenoxy) is 1. The molecule has 1 amide bonds. The predicted molar refractivity (Wildman–Crippen MR) is 126 cm³/mol. The summed E-state index contributed by atoms with van der Waals surface area (Å²) in [4.78, 5) is 12.6. The van der Waals surface area contributed by atoms with Crippen molar-refractivity contribution in [3.05, 3.63) is 79.4 Å². The molecule has 4 aromatic rings. The first-order valence-electron chi connectivity index (χ1n) is 9.78. The molecule has 0 aliphatic rings. The summed E-state index contributed by atoms with van der Waals surface area (Å²) in [6, 6.07) is 21.5. The Morgan fingerprint density at radius 2 is 1.87 bits per heavy atom. The molecule has 4 rings (SSSR count). The zero-order chi connectivity index (χ0) is 21.6. The van der Waals surface area contributed by atoms with Gasteiger partial charge in [0, 0.05) is 23.2 Å². The van der Waals surface area contributed by atoms with Crippen LogP contribution < -0.4 is 10.1 Å². The molecule has 0 radical (unpaired) electrons. The Kier molecular flexibility index (Phi) is 6.33. The number of hydrogen-bond acceptors (Lipinski definition) is 5. The molecule has 156 valence electrons. The number of nitrogens with one attached hydrogen (secondary N) is 1. The van der Waals surface area contributed by atoms with Crippen molar-refractivity contribution in [2.24, 2.45) is 0 Å². The Morgan fingerprint density at radius 1 is 1.10 bits per heavy atom. The molecule has 1 heterocycles. The van der Waals surface area contributed by atoms with Crippen LogP contribution in [0.3, 0.4) is 0 Å². The third-order valence-electron chi connectivity index (χ3n) is 4.77. The first kappa shape index (κ1) is 20.7. The van der Waals surface area contributed by atoms with E-state index in [9.17, 15) is 4.79 Å². The van der Waals surface area contributed by atoms with Gasteiger partial charge in [-0.2, -0.15) is 0 Å². The summed E-state index contributed by atoms with van der Waals surface area (Å²) in [7, 11) is 1.63. The highest BCUT2D eigenvalue weighted by atomic mass is 32.2. The van der Waals surface area contributed by atoms with Crippen molar-refractivity contribution in [2.45, 2.75) is 11.7 Å². The summed E-state index contributed by atoms with van der Waals surface area (Å²) in [6.45, 7) is 4.38. The third-order valence-corrected chi connectivity index (χ3v) is 5.74. The zero-order valence-corrected chi connectivity index (χ0v) is 17.9. The maximum atomic E-state index is 12.6. The van der Waals surface area contributed by atoms with E-state index in [0.717, 1.165) is 33.6 Å². The molecule has 0 aliphatic carbocycles. The number of benzene rings is 3. The van der Waals surface area contributed by atoms with Gasteiger partial charge >= 0.3 is 0 Å². The van der Waals surface area contributed by atoms with Gasteiger partial charge < -0.3 is 10.1 Å². The molecule has 0 bridgehead atoms. The monoisotopic (exact) mass is 430 g/mol. The van der Waals surface area contributed by atoms with Crippen LogP contribution in [0.15, 0.2) is 84.5 Å². The van der Waals surface area contributed by atoms with Gasteiger partial charge in [0.15, 0.2) is 11.0 Å². The summed E-state index contributed by atoms with van der Waals surface area (Å²) in [5, 5.41) is 14.4. The average molecular weight is 431 g/mol. The lowest BCUT2D eigenvalue weighted by molar-refractivity contribution is -0.113. The van der Waals surface area contributed by atoms with Crippen LogP contribution >= 0.6 is 11.8 Å². The number of nitrogens with zero attached hydrogens (tertiary/aromatic N) is 3. The Balaban J connectivity index is 1.49. The summed E-state index contributed by atoms with van der Waals surface area (Å²) in [5.41, 5.74) is 1.72. The molecular weight excluding hydrogens is 408 g/mol. The first-order chi connectivity index (χ1) is 15.2. The van der Waals surface area contributed by atoms with E-state index in [0.29, 0.717) is 11.7 Å². The van der Waals surface area contributed by atoms with Crippen molar-refractivity contribution < 1.29 is 9.53 Å². The van der Waals surface area contributed by atoms with E-state index in [4.69, 9.17) is 4.74 Å². The van der Waals surface area contributed by atoms with Crippen LogP contribution in [0.4, 0.5) is 5.69 Å². The minimum absolute atomic E-state index is 0.0968. The fraction of sp³-hybridized carbons (Fsp3) is 0.125. The second-order valence-electron chi connectivity index (χ2n) is 6.80. The lowest BCUT2D eigenvalue weighted by Crippen LogP contribution is -2.15. The number of fused-ring (bicyclic) bond motifs is 1. The third kappa shape index (κ3) is 4.62. The smallest absolute Gasteiger partial charge is 0.234 e. The highest BCUT2D eigenvalue weighted by Gasteiger charge is 2.15. The van der Waals surface area contributed by atoms with Gasteiger partial charge in [0.05, 0.1) is 12.9 Å². The van der Waals surface area contributed by atoms with Crippen molar-refractivity contribution in [1.82, 2.24) is 14.8 Å². The van der Waals surface area contributed by atoms with Gasteiger partial charge in [0.1, 0.15) is 5.75 Å². The standard InChI is InChI=1S/C24H22N4O2S/c1-3-15-28-23(18-11-13-19(30-2)14-12-18)26-27-24(28)31-16-22(29)25-21-10-6-8-17-7-4-5-9-20(17)21/h3-14H,1,15-16H2,2H3,(H,25,29). The number of hydrogen-bond donors (Lipinski definition) is 1. The molecule has 0 spiro atoms. The van der Waals surface area contributed by atoms with E-state index in [2.05, 4.69) is 22.1 Å². The van der Waals surface area contributed by atoms with Crippen molar-refractivity contribution >= 4 is 34.1 Å². The van der Waals surface area contributed by atoms with E-state index in [1.54, 1.807) is 13.2 Å². The molecule has 0 aliphatic heterocycles. The van der Waals surface area contributed by atoms with Crippen molar-refractivity contribution in [3.63, 3.8) is 0 Å².